The van der Waals surface area contributed by atoms with Gasteiger partial charge in [-0.2, -0.15) is 0 Å². The predicted octanol–water partition coefficient (Wildman–Crippen LogP) is -0.120. The van der Waals surface area contributed by atoms with Crippen LogP contribution in [0.5, 0.6) is 0 Å². The van der Waals surface area contributed by atoms with Gasteiger partial charge in [-0.1, -0.05) is 58.3 Å². The van der Waals surface area contributed by atoms with Gasteiger partial charge in [0.05, 0.1) is 6.61 Å². The number of unbranched alkanes of at least 4 members (excludes halogenated alkanes) is 8. The third-order valence-corrected chi connectivity index (χ3v) is 3.31. The van der Waals surface area contributed by atoms with Gasteiger partial charge in [0, 0.05) is 6.42 Å². The summed E-state index contributed by atoms with van der Waals surface area (Å²) in [5.41, 5.74) is 5.05. The molecule has 0 aliphatic carbocycles. The minimum absolute atomic E-state index is 0. The SMILES string of the molecule is CCCCCCCCCCCC(N)=O.CCOS(=O)(=O)[O-].[Na+]. The molecule has 0 aliphatic rings. The maximum atomic E-state index is 10.4. The maximum Gasteiger partial charge on any atom is 1.00 e. The third-order valence-electron chi connectivity index (χ3n) is 2.79. The Morgan fingerprint density at radius 3 is 1.64 bits per heavy atom. The van der Waals surface area contributed by atoms with Crippen LogP contribution in [0.1, 0.15) is 78.1 Å². The molecule has 0 bridgehead atoms. The van der Waals surface area contributed by atoms with Crippen molar-refractivity contribution in [2.24, 2.45) is 5.73 Å². The zero-order chi connectivity index (χ0) is 16.6. The molecule has 0 radical (unpaired) electrons. The summed E-state index contributed by atoms with van der Waals surface area (Å²) in [4.78, 5) is 10.4. The first-order valence-corrected chi connectivity index (χ1v) is 9.05. The summed E-state index contributed by atoms with van der Waals surface area (Å²) in [5.74, 6) is -0.159. The van der Waals surface area contributed by atoms with Crippen LogP contribution in [0.2, 0.25) is 0 Å². The van der Waals surface area contributed by atoms with Crippen LogP contribution < -0.4 is 35.3 Å². The quantitative estimate of drug-likeness (QED) is 0.229. The largest absolute Gasteiger partial charge is 1.00 e. The average Bonchev–Trinajstić information content (AvgIpc) is 2.36. The van der Waals surface area contributed by atoms with Crippen LogP contribution >= 0.6 is 0 Å². The van der Waals surface area contributed by atoms with Gasteiger partial charge in [-0.3, -0.25) is 8.98 Å². The Labute approximate surface area is 157 Å². The molecular weight excluding hydrogens is 317 g/mol. The van der Waals surface area contributed by atoms with E-state index in [1.54, 1.807) is 0 Å². The maximum absolute atomic E-state index is 10.4. The molecule has 22 heavy (non-hydrogen) atoms. The Balaban J connectivity index is -0.000000385. The van der Waals surface area contributed by atoms with Gasteiger partial charge in [0.25, 0.3) is 0 Å². The summed E-state index contributed by atoms with van der Waals surface area (Å²) >= 11 is 0. The molecule has 0 saturated heterocycles. The molecule has 0 fully saturated rings. The molecular formula is C14H30NNaO5S. The summed E-state index contributed by atoms with van der Waals surface area (Å²) in [6.45, 7) is 3.57. The number of amides is 1. The molecule has 0 aromatic rings. The second-order valence-corrected chi connectivity index (χ2v) is 5.91. The van der Waals surface area contributed by atoms with Crippen LogP contribution in [0.3, 0.4) is 0 Å². The van der Waals surface area contributed by atoms with Crippen molar-refractivity contribution in [3.63, 3.8) is 0 Å². The molecule has 6 nitrogen and oxygen atoms in total. The van der Waals surface area contributed by atoms with Crippen molar-refractivity contribution in [3.05, 3.63) is 0 Å². The first-order valence-electron chi connectivity index (χ1n) is 7.72. The average molecular weight is 347 g/mol. The predicted molar refractivity (Wildman–Crippen MR) is 82.4 cm³/mol. The van der Waals surface area contributed by atoms with Crippen LogP contribution in [-0.2, 0) is 19.4 Å². The van der Waals surface area contributed by atoms with E-state index in [0.29, 0.717) is 6.42 Å². The number of carbonyl (C=O) groups is 1. The normalized spacial score (nSPS) is 10.3. The van der Waals surface area contributed by atoms with E-state index in [9.17, 15) is 17.8 Å². The van der Waals surface area contributed by atoms with E-state index in [0.717, 1.165) is 12.8 Å². The van der Waals surface area contributed by atoms with Gasteiger partial charge in [-0.25, -0.2) is 8.42 Å². The number of carbonyl (C=O) groups excluding carboxylic acids is 1. The summed E-state index contributed by atoms with van der Waals surface area (Å²) in [6, 6.07) is 0. The van der Waals surface area contributed by atoms with Gasteiger partial charge in [-0.05, 0) is 13.3 Å². The van der Waals surface area contributed by atoms with Gasteiger partial charge in [0.15, 0.2) is 0 Å². The first-order chi connectivity index (χ1) is 9.83. The van der Waals surface area contributed by atoms with E-state index in [2.05, 4.69) is 11.1 Å². The molecule has 8 heteroatoms. The first kappa shape index (κ1) is 27.2. The fourth-order valence-corrected chi connectivity index (χ4v) is 2.04. The molecule has 1 amide bonds. The second-order valence-electron chi connectivity index (χ2n) is 4.86. The molecule has 0 aromatic heterocycles. The van der Waals surface area contributed by atoms with Crippen molar-refractivity contribution < 1.29 is 51.5 Å². The van der Waals surface area contributed by atoms with Crippen molar-refractivity contribution in [3.8, 4) is 0 Å². The van der Waals surface area contributed by atoms with E-state index in [-0.39, 0.29) is 42.1 Å². The van der Waals surface area contributed by atoms with Crippen molar-refractivity contribution in [2.45, 2.75) is 78.1 Å². The molecule has 0 saturated carbocycles. The van der Waals surface area contributed by atoms with Gasteiger partial charge in [-0.15, -0.1) is 0 Å². The molecule has 0 spiro atoms. The smallest absolute Gasteiger partial charge is 0.726 e. The Kier molecular flexibility index (Phi) is 24.0. The number of hydrogen-bond donors (Lipinski definition) is 1. The third kappa shape index (κ3) is 32.3. The minimum atomic E-state index is -4.42. The van der Waals surface area contributed by atoms with Crippen molar-refractivity contribution in [2.75, 3.05) is 6.61 Å². The van der Waals surface area contributed by atoms with Crippen molar-refractivity contribution >= 4 is 16.3 Å². The zero-order valence-corrected chi connectivity index (χ0v) is 17.1. The number of hydrogen-bond acceptors (Lipinski definition) is 5. The Morgan fingerprint density at radius 2 is 1.36 bits per heavy atom. The Bertz CT molecular complexity index is 336. The van der Waals surface area contributed by atoms with Crippen LogP contribution in [0, 0.1) is 0 Å². The Hall–Kier alpha value is 0.340. The molecule has 0 rings (SSSR count). The fourth-order valence-electron chi connectivity index (χ4n) is 1.75. The molecule has 0 atom stereocenters. The molecule has 2 N–H and O–H groups in total. The molecule has 128 valence electrons. The molecule has 0 unspecified atom stereocenters. The summed E-state index contributed by atoms with van der Waals surface area (Å²) in [7, 11) is -4.42. The number of primary amides is 1. The van der Waals surface area contributed by atoms with Gasteiger partial charge < -0.3 is 10.3 Å². The number of nitrogens with two attached hydrogens (primary N) is 1. The van der Waals surface area contributed by atoms with Gasteiger partial charge in [0.2, 0.25) is 16.3 Å². The van der Waals surface area contributed by atoms with E-state index >= 15 is 0 Å². The summed E-state index contributed by atoms with van der Waals surface area (Å²) in [5, 5.41) is 0. The summed E-state index contributed by atoms with van der Waals surface area (Å²) in [6.07, 6.45) is 12.1. The van der Waals surface area contributed by atoms with Crippen molar-refractivity contribution in [1.29, 1.82) is 0 Å². The van der Waals surface area contributed by atoms with Crippen LogP contribution in [0.4, 0.5) is 0 Å². The van der Waals surface area contributed by atoms with E-state index in [1.165, 1.54) is 51.9 Å². The Morgan fingerprint density at radius 1 is 0.955 bits per heavy atom. The van der Waals surface area contributed by atoms with Gasteiger partial charge >= 0.3 is 29.6 Å². The minimum Gasteiger partial charge on any atom is -0.726 e. The van der Waals surface area contributed by atoms with E-state index in [4.69, 9.17) is 5.73 Å². The monoisotopic (exact) mass is 347 g/mol. The van der Waals surface area contributed by atoms with Crippen LogP contribution in [0.15, 0.2) is 0 Å². The molecule has 0 aliphatic heterocycles. The number of rotatable bonds is 12. The fraction of sp³-hybridized carbons (Fsp3) is 0.929. The van der Waals surface area contributed by atoms with Crippen LogP contribution in [0.25, 0.3) is 0 Å². The van der Waals surface area contributed by atoms with E-state index in [1.807, 2.05) is 0 Å². The molecule has 0 heterocycles. The summed E-state index contributed by atoms with van der Waals surface area (Å²) < 4.78 is 32.0. The van der Waals surface area contributed by atoms with Crippen molar-refractivity contribution in [1.82, 2.24) is 0 Å². The zero-order valence-electron chi connectivity index (χ0n) is 14.3. The standard InChI is InChI=1S/C12H25NO.C2H6O4S.Na/c1-2-3-4-5-6-7-8-9-10-11-12(13)14;1-2-6-7(3,4)5;/h2-11H2,1H3,(H2,13,14);2H2,1H3,(H,3,4,5);/q;;+1/p-1. The topological polar surface area (TPSA) is 110 Å². The van der Waals surface area contributed by atoms with Crippen LogP contribution in [-0.4, -0.2) is 25.5 Å². The van der Waals surface area contributed by atoms with E-state index < -0.39 is 10.4 Å². The molecule has 0 aromatic carbocycles. The van der Waals surface area contributed by atoms with Gasteiger partial charge in [0.1, 0.15) is 0 Å². The second kappa shape index (κ2) is 19.4.